The summed E-state index contributed by atoms with van der Waals surface area (Å²) < 4.78 is 35.8. The number of hydrogen-bond acceptors (Lipinski definition) is 6. The molecule has 2 saturated carbocycles. The van der Waals surface area contributed by atoms with Gasteiger partial charge in [0.25, 0.3) is 0 Å². The van der Waals surface area contributed by atoms with E-state index in [0.29, 0.717) is 37.2 Å². The number of fused-ring (bicyclic) bond motifs is 2. The number of sulfone groups is 1. The molecular weight excluding hydrogens is 480 g/mol. The van der Waals surface area contributed by atoms with E-state index in [1.165, 1.54) is 31.4 Å². The molecule has 4 rings (SSSR count). The van der Waals surface area contributed by atoms with Crippen molar-refractivity contribution in [3.05, 3.63) is 24.3 Å². The highest BCUT2D eigenvalue weighted by Crippen LogP contribution is 2.50. The van der Waals surface area contributed by atoms with Crippen molar-refractivity contribution in [2.45, 2.75) is 74.9 Å². The molecule has 3 aliphatic rings. The van der Waals surface area contributed by atoms with Gasteiger partial charge in [-0.25, -0.2) is 8.42 Å². The van der Waals surface area contributed by atoms with Crippen molar-refractivity contribution >= 4 is 21.7 Å². The molecule has 8 nitrogen and oxygen atoms in total. The SMILES string of the molecule is CC1CC2CC(C1)CC(C)(C(=O)NCCCOc1ccc(S(=O)(=O)C3(C(N)=O)CCOCC3)cc1)C2. The Morgan fingerprint density at radius 1 is 1.08 bits per heavy atom. The number of carbonyl (C=O) groups excluding carboxylic acids is 2. The number of hydrogen-bond donors (Lipinski definition) is 2. The van der Waals surface area contributed by atoms with Gasteiger partial charge in [-0.2, -0.15) is 0 Å². The van der Waals surface area contributed by atoms with Gasteiger partial charge in [0.2, 0.25) is 11.8 Å². The molecule has 1 aliphatic heterocycles. The maximum absolute atomic E-state index is 13.2. The molecule has 2 atom stereocenters. The van der Waals surface area contributed by atoms with Crippen LogP contribution in [0.2, 0.25) is 0 Å². The lowest BCUT2D eigenvalue weighted by Gasteiger charge is -2.46. The lowest BCUT2D eigenvalue weighted by Crippen LogP contribution is -2.53. The second-order valence-corrected chi connectivity index (χ2v) is 13.7. The lowest BCUT2D eigenvalue weighted by molar-refractivity contribution is -0.135. The van der Waals surface area contributed by atoms with Crippen LogP contribution in [0.3, 0.4) is 0 Å². The minimum absolute atomic E-state index is 0.0442. The van der Waals surface area contributed by atoms with Crippen LogP contribution >= 0.6 is 0 Å². The van der Waals surface area contributed by atoms with Crippen molar-refractivity contribution in [1.29, 1.82) is 0 Å². The summed E-state index contributed by atoms with van der Waals surface area (Å²) in [4.78, 5) is 25.1. The average molecular weight is 521 g/mol. The van der Waals surface area contributed by atoms with Crippen molar-refractivity contribution < 1.29 is 27.5 Å². The summed E-state index contributed by atoms with van der Waals surface area (Å²) in [6.45, 7) is 5.74. The van der Waals surface area contributed by atoms with Gasteiger partial charge in [0.05, 0.1) is 11.5 Å². The summed E-state index contributed by atoms with van der Waals surface area (Å²) in [7, 11) is -3.96. The van der Waals surface area contributed by atoms with E-state index in [4.69, 9.17) is 15.2 Å². The van der Waals surface area contributed by atoms with E-state index >= 15 is 0 Å². The first-order chi connectivity index (χ1) is 17.1. The molecule has 2 aliphatic carbocycles. The molecule has 200 valence electrons. The summed E-state index contributed by atoms with van der Waals surface area (Å²) in [6, 6.07) is 6.08. The van der Waals surface area contributed by atoms with Crippen molar-refractivity contribution in [2.75, 3.05) is 26.4 Å². The van der Waals surface area contributed by atoms with E-state index in [9.17, 15) is 18.0 Å². The van der Waals surface area contributed by atoms with Gasteiger partial charge in [-0.15, -0.1) is 0 Å². The van der Waals surface area contributed by atoms with Gasteiger partial charge in [0, 0.05) is 25.2 Å². The first-order valence-electron chi connectivity index (χ1n) is 13.2. The Labute approximate surface area is 214 Å². The van der Waals surface area contributed by atoms with Crippen LogP contribution in [0.4, 0.5) is 0 Å². The van der Waals surface area contributed by atoms with E-state index in [2.05, 4.69) is 19.2 Å². The Bertz CT molecular complexity index is 1030. The van der Waals surface area contributed by atoms with E-state index in [-0.39, 0.29) is 42.3 Å². The van der Waals surface area contributed by atoms with Crippen molar-refractivity contribution in [2.24, 2.45) is 28.9 Å². The summed E-state index contributed by atoms with van der Waals surface area (Å²) >= 11 is 0. The van der Waals surface area contributed by atoms with E-state index in [1.54, 1.807) is 12.1 Å². The highest BCUT2D eigenvalue weighted by Gasteiger charge is 2.51. The monoisotopic (exact) mass is 520 g/mol. The fourth-order valence-electron chi connectivity index (χ4n) is 6.74. The first kappa shape index (κ1) is 26.9. The van der Waals surface area contributed by atoms with E-state index in [1.807, 2.05) is 0 Å². The van der Waals surface area contributed by atoms with Gasteiger partial charge in [-0.3, -0.25) is 9.59 Å². The van der Waals surface area contributed by atoms with Crippen molar-refractivity contribution in [1.82, 2.24) is 5.32 Å². The van der Waals surface area contributed by atoms with Gasteiger partial charge in [-0.1, -0.05) is 13.8 Å². The Balaban J connectivity index is 1.25. The number of amides is 2. The smallest absolute Gasteiger partial charge is 0.239 e. The zero-order chi connectivity index (χ0) is 26.0. The van der Waals surface area contributed by atoms with Crippen LogP contribution in [0.25, 0.3) is 0 Å². The molecular formula is C27H40N2O6S. The minimum Gasteiger partial charge on any atom is -0.494 e. The maximum atomic E-state index is 13.2. The summed E-state index contributed by atoms with van der Waals surface area (Å²) in [6.07, 6.45) is 6.47. The number of primary amides is 1. The van der Waals surface area contributed by atoms with Crippen LogP contribution < -0.4 is 15.8 Å². The molecule has 1 aromatic carbocycles. The predicted molar refractivity (Wildman–Crippen MR) is 136 cm³/mol. The van der Waals surface area contributed by atoms with Crippen LogP contribution in [-0.2, 0) is 24.2 Å². The largest absolute Gasteiger partial charge is 0.494 e. The van der Waals surface area contributed by atoms with E-state index in [0.717, 1.165) is 18.8 Å². The summed E-state index contributed by atoms with van der Waals surface area (Å²) in [5.41, 5.74) is 5.25. The second kappa shape index (κ2) is 10.7. The Kier molecular flexibility index (Phi) is 8.00. The first-order valence-corrected chi connectivity index (χ1v) is 14.7. The molecule has 0 radical (unpaired) electrons. The van der Waals surface area contributed by atoms with Crippen LogP contribution in [0.1, 0.15) is 65.2 Å². The van der Waals surface area contributed by atoms with Gasteiger partial charge in [0.1, 0.15) is 5.75 Å². The molecule has 0 aromatic heterocycles. The van der Waals surface area contributed by atoms with Crippen molar-refractivity contribution in [3.8, 4) is 5.75 Å². The molecule has 1 aromatic rings. The van der Waals surface area contributed by atoms with Gasteiger partial charge < -0.3 is 20.5 Å². The fraction of sp³-hybridized carbons (Fsp3) is 0.704. The molecule has 1 saturated heterocycles. The number of nitrogens with two attached hydrogens (primary N) is 1. The molecule has 2 unspecified atom stereocenters. The molecule has 3 N–H and O–H groups in total. The molecule has 2 bridgehead atoms. The third-order valence-corrected chi connectivity index (χ3v) is 11.0. The van der Waals surface area contributed by atoms with E-state index < -0.39 is 20.5 Å². The molecule has 1 heterocycles. The zero-order valence-corrected chi connectivity index (χ0v) is 22.3. The fourth-order valence-corrected chi connectivity index (χ4v) is 8.66. The Morgan fingerprint density at radius 2 is 1.69 bits per heavy atom. The molecule has 0 spiro atoms. The average Bonchev–Trinajstić information content (AvgIpc) is 2.83. The Morgan fingerprint density at radius 3 is 2.28 bits per heavy atom. The molecule has 36 heavy (non-hydrogen) atoms. The zero-order valence-electron chi connectivity index (χ0n) is 21.5. The van der Waals surface area contributed by atoms with Gasteiger partial charge in [0.15, 0.2) is 14.6 Å². The Hall–Kier alpha value is -2.13. The summed E-state index contributed by atoms with van der Waals surface area (Å²) in [5, 5.41) is 3.11. The highest BCUT2D eigenvalue weighted by atomic mass is 32.2. The van der Waals surface area contributed by atoms with Gasteiger partial charge >= 0.3 is 0 Å². The highest BCUT2D eigenvalue weighted by molar-refractivity contribution is 7.93. The standard InChI is InChI=1S/C27H40N2O6S/c1-19-14-20-16-21(15-19)18-26(2,17-20)25(31)29-10-3-11-35-22-4-6-23(7-5-22)36(32,33)27(24(28)30)8-12-34-13-9-27/h4-7,19-21H,3,8-18H2,1-2H3,(H2,28,30)(H,29,31). The number of benzene rings is 1. The second-order valence-electron chi connectivity index (χ2n) is 11.4. The summed E-state index contributed by atoms with van der Waals surface area (Å²) in [5.74, 6) is 1.96. The number of carbonyl (C=O) groups is 2. The number of rotatable bonds is 9. The van der Waals surface area contributed by atoms with Crippen LogP contribution in [0.5, 0.6) is 5.75 Å². The quantitative estimate of drug-likeness (QED) is 0.482. The van der Waals surface area contributed by atoms with Gasteiger partial charge in [-0.05, 0) is 93.4 Å². The van der Waals surface area contributed by atoms with Crippen LogP contribution in [0.15, 0.2) is 29.2 Å². The number of ether oxygens (including phenoxy) is 2. The maximum Gasteiger partial charge on any atom is 0.239 e. The molecule has 3 fully saturated rings. The lowest BCUT2D eigenvalue weighted by atomic mass is 9.59. The normalized spacial score (nSPS) is 29.8. The predicted octanol–water partition coefficient (Wildman–Crippen LogP) is 3.23. The van der Waals surface area contributed by atoms with Crippen molar-refractivity contribution in [3.63, 3.8) is 0 Å². The topological polar surface area (TPSA) is 125 Å². The van der Waals surface area contributed by atoms with Crippen LogP contribution in [0, 0.1) is 23.2 Å². The molecule has 2 amide bonds. The third kappa shape index (κ3) is 5.42. The minimum atomic E-state index is -3.96. The molecule has 9 heteroatoms. The van der Waals surface area contributed by atoms with Crippen LogP contribution in [-0.4, -0.2) is 51.3 Å². The third-order valence-electron chi connectivity index (χ3n) is 8.44. The number of nitrogens with one attached hydrogen (secondary N) is 1.